The monoisotopic (exact) mass is 568 g/mol. The molecule has 0 radical (unpaired) electrons. The van der Waals surface area contributed by atoms with Crippen molar-refractivity contribution >= 4 is 35.2 Å². The second-order valence-corrected chi connectivity index (χ2v) is 13.0. The van der Waals surface area contributed by atoms with E-state index in [1.165, 1.54) is 0 Å². The molecule has 1 aromatic carbocycles. The fourth-order valence-electron chi connectivity index (χ4n) is 7.19. The molecule has 2 bridgehead atoms. The Morgan fingerprint density at radius 3 is 2.52 bits per heavy atom. The average Bonchev–Trinajstić information content (AvgIpc) is 3.51. The third-order valence-electron chi connectivity index (χ3n) is 8.91. The van der Waals surface area contributed by atoms with Gasteiger partial charge in [0.15, 0.2) is 0 Å². The van der Waals surface area contributed by atoms with E-state index in [0.29, 0.717) is 19.5 Å². The lowest BCUT2D eigenvalue weighted by molar-refractivity contribution is -0.154. The molecule has 1 aromatic rings. The maximum Gasteiger partial charge on any atom is 0.310 e. The van der Waals surface area contributed by atoms with Gasteiger partial charge in [-0.15, -0.1) is 24.9 Å². The molecule has 3 unspecified atom stereocenters. The second-order valence-electron chi connectivity index (χ2n) is 11.4. The summed E-state index contributed by atoms with van der Waals surface area (Å²) in [5.74, 6) is -1.60. The van der Waals surface area contributed by atoms with Crippen LogP contribution in [0, 0.1) is 31.6 Å². The van der Waals surface area contributed by atoms with E-state index in [1.807, 2.05) is 32.0 Å². The summed E-state index contributed by atoms with van der Waals surface area (Å²) in [5, 5.41) is 9.14. The third-order valence-corrected chi connectivity index (χ3v) is 11.0. The highest BCUT2D eigenvalue weighted by Gasteiger charge is 2.76. The minimum atomic E-state index is -0.692. The molecule has 218 valence electrons. The highest BCUT2D eigenvalue weighted by atomic mass is 32.2. The molecule has 40 heavy (non-hydrogen) atoms. The van der Waals surface area contributed by atoms with Crippen LogP contribution in [0.1, 0.15) is 56.6 Å². The molecule has 3 aliphatic rings. The van der Waals surface area contributed by atoms with Crippen LogP contribution >= 0.6 is 11.8 Å². The number of carbonyl (C=O) groups is 3. The largest absolute Gasteiger partial charge is 0.465 e. The first-order valence-corrected chi connectivity index (χ1v) is 15.5. The first kappa shape index (κ1) is 30.4. The van der Waals surface area contributed by atoms with E-state index in [0.717, 1.165) is 48.9 Å². The molecule has 3 heterocycles. The first-order valence-electron chi connectivity index (χ1n) is 14.6. The van der Waals surface area contributed by atoms with E-state index in [9.17, 15) is 19.5 Å². The molecule has 0 aromatic heterocycles. The zero-order valence-corrected chi connectivity index (χ0v) is 25.0. The standard InChI is InChI=1S/C32H44N2O5S/c1-6-8-19-39-31(38)25-24-20-23(5)32(40-24)26(25)29(36)34(17-11-9-10-12-18-35)28(32)30(37)33(16-7-2)27-21(3)14-13-15-22(27)4/h6-7,13-15,23-26,28,35H,1-2,8-12,16-20H2,3-5H3/t23?,24-,25+,26+,28?,32?/m1/s1. The number of fused-ring (bicyclic) bond motifs is 1. The number of aryl methyl sites for hydroxylation is 2. The van der Waals surface area contributed by atoms with E-state index < -0.39 is 22.6 Å². The van der Waals surface area contributed by atoms with Gasteiger partial charge in [0.1, 0.15) is 6.04 Å². The zero-order valence-electron chi connectivity index (χ0n) is 24.1. The molecule has 3 aliphatic heterocycles. The highest BCUT2D eigenvalue weighted by Crippen LogP contribution is 2.69. The lowest BCUT2D eigenvalue weighted by atomic mass is 9.66. The molecule has 1 spiro atoms. The van der Waals surface area contributed by atoms with E-state index >= 15 is 0 Å². The van der Waals surface area contributed by atoms with E-state index in [2.05, 4.69) is 20.1 Å². The number of aliphatic hydroxyl groups is 1. The van der Waals surface area contributed by atoms with Gasteiger partial charge in [-0.05, 0) is 56.6 Å². The molecule has 8 heteroatoms. The quantitative estimate of drug-likeness (QED) is 0.197. The van der Waals surface area contributed by atoms with Crippen LogP contribution in [0.25, 0.3) is 0 Å². The fourth-order valence-corrected chi connectivity index (χ4v) is 9.60. The number of thioether (sulfide) groups is 1. The number of para-hydroxylation sites is 1. The SMILES string of the molecule is C=CCCOC(=O)[C@@H]1[C@H]2C(=O)N(CCCCCCO)C(C(=O)N(CC=C)c3c(C)cccc3C)C23S[C@@H]1CC3C. The summed E-state index contributed by atoms with van der Waals surface area (Å²) in [6, 6.07) is 5.30. The molecule has 7 nitrogen and oxygen atoms in total. The second kappa shape index (κ2) is 12.9. The van der Waals surface area contributed by atoms with Gasteiger partial charge in [0.05, 0.1) is 23.2 Å². The Balaban J connectivity index is 1.75. The maximum atomic E-state index is 14.8. The summed E-state index contributed by atoms with van der Waals surface area (Å²) < 4.78 is 4.93. The van der Waals surface area contributed by atoms with Gasteiger partial charge in [-0.3, -0.25) is 14.4 Å². The molecule has 3 saturated heterocycles. The predicted molar refractivity (Wildman–Crippen MR) is 160 cm³/mol. The molecule has 0 aliphatic carbocycles. The zero-order chi connectivity index (χ0) is 29.0. The predicted octanol–water partition coefficient (Wildman–Crippen LogP) is 4.83. The highest BCUT2D eigenvalue weighted by molar-refractivity contribution is 8.02. The number of likely N-dealkylation sites (tertiary alicyclic amines) is 1. The van der Waals surface area contributed by atoms with Crippen molar-refractivity contribution in [2.45, 2.75) is 75.3 Å². The van der Waals surface area contributed by atoms with Crippen molar-refractivity contribution in [1.29, 1.82) is 0 Å². The van der Waals surface area contributed by atoms with Crippen molar-refractivity contribution in [3.05, 3.63) is 54.6 Å². The summed E-state index contributed by atoms with van der Waals surface area (Å²) in [7, 11) is 0. The van der Waals surface area contributed by atoms with Crippen LogP contribution in [0.5, 0.6) is 0 Å². The Bertz CT molecular complexity index is 1120. The van der Waals surface area contributed by atoms with Gasteiger partial charge >= 0.3 is 5.97 Å². The van der Waals surface area contributed by atoms with Crippen LogP contribution in [0.2, 0.25) is 0 Å². The number of benzene rings is 1. The molecule has 4 rings (SSSR count). The number of hydrogen-bond acceptors (Lipinski definition) is 6. The van der Waals surface area contributed by atoms with Gasteiger partial charge in [0.25, 0.3) is 5.91 Å². The number of esters is 1. The Kier molecular flexibility index (Phi) is 9.83. The number of nitrogens with zero attached hydrogens (tertiary/aromatic N) is 2. The number of amides is 2. The van der Waals surface area contributed by atoms with Gasteiger partial charge in [0, 0.05) is 30.6 Å². The van der Waals surface area contributed by atoms with Gasteiger partial charge in [-0.1, -0.05) is 50.1 Å². The Morgan fingerprint density at radius 1 is 1.18 bits per heavy atom. The molecule has 1 N–H and O–H groups in total. The van der Waals surface area contributed by atoms with Crippen molar-refractivity contribution in [3.63, 3.8) is 0 Å². The maximum absolute atomic E-state index is 14.8. The summed E-state index contributed by atoms with van der Waals surface area (Å²) in [4.78, 5) is 46.1. The van der Waals surface area contributed by atoms with Gasteiger partial charge in [-0.2, -0.15) is 0 Å². The smallest absolute Gasteiger partial charge is 0.310 e. The van der Waals surface area contributed by atoms with Crippen molar-refractivity contribution in [2.75, 3.05) is 31.2 Å². The molecular weight excluding hydrogens is 524 g/mol. The molecular formula is C32H44N2O5S. The van der Waals surface area contributed by atoms with E-state index in [-0.39, 0.29) is 42.2 Å². The lowest BCUT2D eigenvalue weighted by Crippen LogP contribution is -2.57. The number of anilines is 1. The number of aliphatic hydroxyl groups excluding tert-OH is 1. The van der Waals surface area contributed by atoms with E-state index in [1.54, 1.807) is 33.7 Å². The van der Waals surface area contributed by atoms with E-state index in [4.69, 9.17) is 4.74 Å². The minimum absolute atomic E-state index is 0.0461. The van der Waals surface area contributed by atoms with Crippen LogP contribution in [-0.2, 0) is 19.1 Å². The van der Waals surface area contributed by atoms with Gasteiger partial charge in [0.2, 0.25) is 5.91 Å². The normalized spacial score (nSPS) is 28.4. The van der Waals surface area contributed by atoms with Crippen LogP contribution in [0.15, 0.2) is 43.5 Å². The van der Waals surface area contributed by atoms with Gasteiger partial charge < -0.3 is 19.6 Å². The van der Waals surface area contributed by atoms with Crippen LogP contribution < -0.4 is 4.90 Å². The molecule has 0 saturated carbocycles. The lowest BCUT2D eigenvalue weighted by Gasteiger charge is -2.41. The number of hydrogen-bond donors (Lipinski definition) is 1. The van der Waals surface area contributed by atoms with Gasteiger partial charge in [-0.25, -0.2) is 0 Å². The Hall–Kier alpha value is -2.58. The third kappa shape index (κ3) is 5.25. The Labute approximate surface area is 243 Å². The topological polar surface area (TPSA) is 87.1 Å². The van der Waals surface area contributed by atoms with Crippen LogP contribution in [0.3, 0.4) is 0 Å². The van der Waals surface area contributed by atoms with Crippen molar-refractivity contribution in [2.24, 2.45) is 17.8 Å². The van der Waals surface area contributed by atoms with Crippen molar-refractivity contribution in [3.8, 4) is 0 Å². The van der Waals surface area contributed by atoms with Crippen molar-refractivity contribution < 1.29 is 24.2 Å². The first-order chi connectivity index (χ1) is 19.2. The minimum Gasteiger partial charge on any atom is -0.465 e. The number of carbonyl (C=O) groups excluding carboxylic acids is 3. The summed E-state index contributed by atoms with van der Waals surface area (Å²) in [5.41, 5.74) is 2.83. The fraction of sp³-hybridized carbons (Fsp3) is 0.594. The molecule has 6 atom stereocenters. The number of rotatable bonds is 14. The average molecular weight is 569 g/mol. The number of ether oxygens (including phenoxy) is 1. The van der Waals surface area contributed by atoms with Crippen LogP contribution in [0.4, 0.5) is 5.69 Å². The van der Waals surface area contributed by atoms with Crippen LogP contribution in [-0.4, -0.2) is 70.1 Å². The molecule has 3 fully saturated rings. The molecule has 2 amide bonds. The van der Waals surface area contributed by atoms with Crippen molar-refractivity contribution in [1.82, 2.24) is 4.90 Å². The summed E-state index contributed by atoms with van der Waals surface area (Å²) in [6.07, 6.45) is 7.95. The number of unbranched alkanes of at least 4 members (excludes halogenated alkanes) is 3. The Morgan fingerprint density at radius 2 is 1.88 bits per heavy atom. The summed E-state index contributed by atoms with van der Waals surface area (Å²) in [6.45, 7) is 14.9. The summed E-state index contributed by atoms with van der Waals surface area (Å²) >= 11 is 1.67.